The van der Waals surface area contributed by atoms with Crippen molar-refractivity contribution in [2.45, 2.75) is 136 Å². The molecule has 0 bridgehead atoms. The molecule has 0 saturated heterocycles. The van der Waals surface area contributed by atoms with Crippen molar-refractivity contribution >= 4 is 19.8 Å². The lowest BCUT2D eigenvalue weighted by molar-refractivity contribution is -0.870. The monoisotopic (exact) mass is 828 g/mol. The van der Waals surface area contributed by atoms with Crippen molar-refractivity contribution in [1.82, 2.24) is 0 Å². The lowest BCUT2D eigenvalue weighted by Gasteiger charge is -2.28. The number of carbonyl (C=O) groups is 2. The van der Waals surface area contributed by atoms with Crippen LogP contribution in [0.15, 0.2) is 109 Å². The lowest BCUT2D eigenvalue weighted by Crippen LogP contribution is -2.37. The number of hydrogen-bond acceptors (Lipinski definition) is 8. The molecule has 10 heteroatoms. The molecule has 1 unspecified atom stereocenters. The van der Waals surface area contributed by atoms with E-state index in [9.17, 15) is 19.0 Å². The van der Waals surface area contributed by atoms with Crippen molar-refractivity contribution in [2.75, 3.05) is 47.5 Å². The Morgan fingerprint density at radius 3 is 1.40 bits per heavy atom. The second kappa shape index (κ2) is 39.1. The highest BCUT2D eigenvalue weighted by molar-refractivity contribution is 7.45. The molecular weight excluding hydrogens is 750 g/mol. The fraction of sp³-hybridized carbons (Fsp3) is 0.583. The summed E-state index contributed by atoms with van der Waals surface area (Å²) in [5.74, 6) is -0.982. The number of phosphoric ester groups is 1. The molecule has 0 aliphatic carbocycles. The number of quaternary nitrogens is 1. The van der Waals surface area contributed by atoms with Gasteiger partial charge >= 0.3 is 11.9 Å². The molecule has 0 fully saturated rings. The van der Waals surface area contributed by atoms with Crippen LogP contribution in [0.1, 0.15) is 129 Å². The highest BCUT2D eigenvalue weighted by atomic mass is 31.2. The van der Waals surface area contributed by atoms with E-state index in [-0.39, 0.29) is 26.1 Å². The van der Waals surface area contributed by atoms with Crippen LogP contribution in [0.3, 0.4) is 0 Å². The number of allylic oxidation sites excluding steroid dienone is 18. The van der Waals surface area contributed by atoms with Crippen molar-refractivity contribution in [3.05, 3.63) is 109 Å². The molecule has 328 valence electrons. The van der Waals surface area contributed by atoms with Crippen molar-refractivity contribution < 1.29 is 42.1 Å². The van der Waals surface area contributed by atoms with Gasteiger partial charge in [0.1, 0.15) is 19.8 Å². The van der Waals surface area contributed by atoms with E-state index in [0.717, 1.165) is 57.8 Å². The third-order valence-electron chi connectivity index (χ3n) is 8.28. The maximum absolute atomic E-state index is 12.6. The van der Waals surface area contributed by atoms with Crippen molar-refractivity contribution in [3.63, 3.8) is 0 Å². The van der Waals surface area contributed by atoms with Crippen LogP contribution >= 0.6 is 7.82 Å². The predicted octanol–water partition coefficient (Wildman–Crippen LogP) is 11.7. The van der Waals surface area contributed by atoms with E-state index in [1.54, 1.807) is 0 Å². The highest BCUT2D eigenvalue weighted by Crippen LogP contribution is 2.38. The van der Waals surface area contributed by atoms with Gasteiger partial charge in [0.05, 0.1) is 27.7 Å². The van der Waals surface area contributed by atoms with Gasteiger partial charge in [0, 0.05) is 12.8 Å². The van der Waals surface area contributed by atoms with E-state index in [0.29, 0.717) is 36.7 Å². The van der Waals surface area contributed by atoms with Crippen LogP contribution in [0.5, 0.6) is 0 Å². The van der Waals surface area contributed by atoms with Crippen molar-refractivity contribution in [2.24, 2.45) is 0 Å². The third-order valence-corrected chi connectivity index (χ3v) is 9.24. The van der Waals surface area contributed by atoms with Crippen LogP contribution in [0.25, 0.3) is 0 Å². The van der Waals surface area contributed by atoms with Gasteiger partial charge in [-0.15, -0.1) is 0 Å². The average molecular weight is 828 g/mol. The van der Waals surface area contributed by atoms with E-state index in [4.69, 9.17) is 18.5 Å². The molecule has 0 heterocycles. The van der Waals surface area contributed by atoms with Crippen LogP contribution in [0.4, 0.5) is 0 Å². The van der Waals surface area contributed by atoms with Gasteiger partial charge in [-0.2, -0.15) is 0 Å². The second-order valence-electron chi connectivity index (χ2n) is 15.0. The average Bonchev–Trinajstić information content (AvgIpc) is 3.17. The van der Waals surface area contributed by atoms with Gasteiger partial charge in [-0.05, 0) is 89.9 Å². The fourth-order valence-corrected chi connectivity index (χ4v) is 5.64. The fourth-order valence-electron chi connectivity index (χ4n) is 4.92. The SMILES string of the molecule is CC/C=C/C/C=C/C/C=C/C/C=C/C/C=C/CCCC(=O)OC[C@H](COP(=O)([O-])OCC[N+](C)(C)C)OC(=O)CCC/C=C/C/C=C/C/C=C/C/C=C/CCCCC. The molecule has 0 aromatic carbocycles. The van der Waals surface area contributed by atoms with Crippen LogP contribution in [0, 0.1) is 0 Å². The molecule has 0 rings (SSSR count). The number of phosphoric acid groups is 1. The third kappa shape index (κ3) is 42.3. The summed E-state index contributed by atoms with van der Waals surface area (Å²) in [5, 5.41) is 0. The zero-order valence-corrected chi connectivity index (χ0v) is 37.6. The molecule has 0 aliphatic heterocycles. The van der Waals surface area contributed by atoms with Gasteiger partial charge in [0.25, 0.3) is 7.82 Å². The number of nitrogens with zero attached hydrogens (tertiary/aromatic N) is 1. The summed E-state index contributed by atoms with van der Waals surface area (Å²) < 4.78 is 33.7. The minimum atomic E-state index is -4.66. The largest absolute Gasteiger partial charge is 0.756 e. The molecular formula is C48H78NO8P. The van der Waals surface area contributed by atoms with Crippen LogP contribution in [-0.2, 0) is 32.7 Å². The molecule has 0 amide bonds. The normalized spacial score (nSPS) is 14.7. The van der Waals surface area contributed by atoms with Crippen molar-refractivity contribution in [1.29, 1.82) is 0 Å². The van der Waals surface area contributed by atoms with E-state index in [1.165, 1.54) is 19.3 Å². The first kappa shape index (κ1) is 54.7. The van der Waals surface area contributed by atoms with Crippen LogP contribution in [-0.4, -0.2) is 70.0 Å². The standard InChI is InChI=1S/C48H78NO8P/c1-6-8-10-12-14-16-18-20-22-24-26-28-30-32-34-36-38-40-47(50)54-44-46(45-56-58(52,53)55-43-42-49(3,4)5)57-48(51)41-39-37-35-33-31-29-27-25-23-21-19-17-15-13-11-9-7-2/h8,10,14-17,20-23,26-29,32-35,46H,6-7,9,11-13,18-19,24-25,30-31,36-45H2,1-5H3/b10-8+,16-14+,17-15+,22-20+,23-21+,28-26+,29-27+,34-32+,35-33+/t46-/m1/s1. The molecule has 58 heavy (non-hydrogen) atoms. The minimum absolute atomic E-state index is 0.0565. The Bertz CT molecular complexity index is 1350. The molecule has 0 saturated carbocycles. The first-order valence-electron chi connectivity index (χ1n) is 21.6. The summed E-state index contributed by atoms with van der Waals surface area (Å²) >= 11 is 0. The minimum Gasteiger partial charge on any atom is -0.756 e. The van der Waals surface area contributed by atoms with E-state index in [1.807, 2.05) is 33.3 Å². The Morgan fingerprint density at radius 2 is 0.966 bits per heavy atom. The lowest BCUT2D eigenvalue weighted by atomic mass is 10.2. The summed E-state index contributed by atoms with van der Waals surface area (Å²) in [6.45, 7) is 3.92. The van der Waals surface area contributed by atoms with Gasteiger partial charge < -0.3 is 27.9 Å². The first-order chi connectivity index (χ1) is 28.0. The molecule has 0 aromatic heterocycles. The van der Waals surface area contributed by atoms with Crippen LogP contribution in [0.2, 0.25) is 0 Å². The number of likely N-dealkylation sites (N-methyl/N-ethyl adjacent to an activating group) is 1. The topological polar surface area (TPSA) is 111 Å². The molecule has 0 aliphatic rings. The Balaban J connectivity index is 4.59. The number of hydrogen-bond donors (Lipinski definition) is 0. The van der Waals surface area contributed by atoms with Gasteiger partial charge in [-0.3, -0.25) is 14.2 Å². The predicted molar refractivity (Wildman–Crippen MR) is 240 cm³/mol. The first-order valence-corrected chi connectivity index (χ1v) is 23.1. The Morgan fingerprint density at radius 1 is 0.552 bits per heavy atom. The smallest absolute Gasteiger partial charge is 0.306 e. The molecule has 0 N–H and O–H groups in total. The molecule has 2 atom stereocenters. The van der Waals surface area contributed by atoms with Gasteiger partial charge in [-0.1, -0.05) is 136 Å². The Hall–Kier alpha value is -3.33. The second-order valence-corrected chi connectivity index (χ2v) is 16.4. The van der Waals surface area contributed by atoms with Crippen molar-refractivity contribution in [3.8, 4) is 0 Å². The summed E-state index contributed by atoms with van der Waals surface area (Å²) in [6.07, 6.45) is 52.8. The molecule has 0 aromatic rings. The zero-order valence-electron chi connectivity index (χ0n) is 36.7. The van der Waals surface area contributed by atoms with Crippen LogP contribution < -0.4 is 4.89 Å². The number of rotatable bonds is 37. The Labute approximate surface area is 353 Å². The van der Waals surface area contributed by atoms with Gasteiger partial charge in [0.15, 0.2) is 6.10 Å². The molecule has 9 nitrogen and oxygen atoms in total. The highest BCUT2D eigenvalue weighted by Gasteiger charge is 2.21. The van der Waals surface area contributed by atoms with E-state index >= 15 is 0 Å². The van der Waals surface area contributed by atoms with Gasteiger partial charge in [0.2, 0.25) is 0 Å². The van der Waals surface area contributed by atoms with E-state index in [2.05, 4.69) is 111 Å². The molecule has 0 spiro atoms. The number of carbonyl (C=O) groups excluding carboxylic acids is 2. The molecule has 0 radical (unpaired) electrons. The van der Waals surface area contributed by atoms with Gasteiger partial charge in [-0.25, -0.2) is 0 Å². The van der Waals surface area contributed by atoms with E-state index < -0.39 is 32.5 Å². The summed E-state index contributed by atoms with van der Waals surface area (Å²) in [5.41, 5.74) is 0. The maximum Gasteiger partial charge on any atom is 0.306 e. The number of unbranched alkanes of at least 4 members (excludes halogenated alkanes) is 5. The number of ether oxygens (including phenoxy) is 2. The summed E-state index contributed by atoms with van der Waals surface area (Å²) in [4.78, 5) is 37.5. The summed E-state index contributed by atoms with van der Waals surface area (Å²) in [7, 11) is 1.08. The summed E-state index contributed by atoms with van der Waals surface area (Å²) in [6, 6.07) is 0. The zero-order chi connectivity index (χ0) is 42.8. The number of esters is 2. The maximum atomic E-state index is 12.6. The quantitative estimate of drug-likeness (QED) is 0.0200. The Kier molecular flexibility index (Phi) is 36.9.